The zero-order valence-electron chi connectivity index (χ0n) is 34.6. The van der Waals surface area contributed by atoms with E-state index < -0.39 is 29.4 Å². The van der Waals surface area contributed by atoms with Crippen LogP contribution >= 0.6 is 0 Å². The molecule has 1 unspecified atom stereocenters. The van der Waals surface area contributed by atoms with Gasteiger partial charge in [0.1, 0.15) is 22.7 Å². The highest BCUT2D eigenvalue weighted by Crippen LogP contribution is 2.43. The number of hydrogen-bond acceptors (Lipinski definition) is 9. The minimum Gasteiger partial charge on any atom is -0.417 e. The van der Waals surface area contributed by atoms with Crippen molar-refractivity contribution < 1.29 is 24.2 Å². The predicted molar refractivity (Wildman–Crippen MR) is 234 cm³/mol. The highest BCUT2D eigenvalue weighted by Gasteiger charge is 2.42. The van der Waals surface area contributed by atoms with Crippen LogP contribution in [0.1, 0.15) is 93.7 Å². The Morgan fingerprint density at radius 2 is 1.27 bits per heavy atom. The van der Waals surface area contributed by atoms with Gasteiger partial charge >= 0.3 is 11.9 Å². The number of ether oxygens (including phenoxy) is 2. The van der Waals surface area contributed by atoms with Gasteiger partial charge in [-0.3, -0.25) is 0 Å². The number of hydrogen-bond donors (Lipinski definition) is 1. The van der Waals surface area contributed by atoms with Gasteiger partial charge in [0.25, 0.3) is 6.29 Å². The third-order valence-electron chi connectivity index (χ3n) is 11.3. The second-order valence-corrected chi connectivity index (χ2v) is 15.8. The van der Waals surface area contributed by atoms with E-state index >= 15 is 0 Å². The Kier molecular flexibility index (Phi) is 10.6. The molecular formula is C51H44N6O5. The molecule has 2 aromatic heterocycles. The van der Waals surface area contributed by atoms with E-state index in [1.807, 2.05) is 109 Å². The minimum absolute atomic E-state index is 0.0985. The van der Waals surface area contributed by atoms with E-state index in [9.17, 15) is 14.7 Å². The molecule has 0 saturated carbocycles. The number of tetrazole rings is 1. The van der Waals surface area contributed by atoms with E-state index in [0.29, 0.717) is 29.2 Å². The van der Waals surface area contributed by atoms with E-state index in [1.165, 1.54) is 0 Å². The summed E-state index contributed by atoms with van der Waals surface area (Å²) in [6.07, 6.45) is 0.0749. The molecule has 1 N–H and O–H groups in total. The molecule has 1 aliphatic rings. The summed E-state index contributed by atoms with van der Waals surface area (Å²) in [5.41, 5.74) is 5.26. The number of benzene rings is 6. The van der Waals surface area contributed by atoms with Crippen molar-refractivity contribution in [3.05, 3.63) is 214 Å². The Balaban J connectivity index is 1.10. The smallest absolute Gasteiger partial charge is 0.360 e. The number of cyclic esters (lactones) is 1. The third-order valence-corrected chi connectivity index (χ3v) is 11.3. The first-order valence-corrected chi connectivity index (χ1v) is 20.7. The molecule has 0 radical (unpaired) electrons. The molecule has 11 nitrogen and oxygen atoms in total. The van der Waals surface area contributed by atoms with Crippen molar-refractivity contribution in [3.8, 4) is 22.5 Å². The van der Waals surface area contributed by atoms with Gasteiger partial charge in [-0.15, -0.1) is 5.10 Å². The van der Waals surface area contributed by atoms with Crippen molar-refractivity contribution in [3.63, 3.8) is 0 Å². The maximum absolute atomic E-state index is 14.2. The number of aromatic nitrogens is 6. The van der Waals surface area contributed by atoms with Crippen LogP contribution in [0.25, 0.3) is 22.5 Å². The molecule has 6 aromatic carbocycles. The Labute approximate surface area is 359 Å². The van der Waals surface area contributed by atoms with Crippen molar-refractivity contribution >= 4 is 11.9 Å². The number of carbonyl (C=O) groups excluding carboxylic acids is 2. The van der Waals surface area contributed by atoms with Gasteiger partial charge in [-0.1, -0.05) is 165 Å². The molecule has 1 atom stereocenters. The average molecular weight is 821 g/mol. The predicted octanol–water partition coefficient (Wildman–Crippen LogP) is 9.30. The van der Waals surface area contributed by atoms with Crippen LogP contribution in [0.4, 0.5) is 0 Å². The maximum Gasteiger partial charge on any atom is 0.360 e. The summed E-state index contributed by atoms with van der Waals surface area (Å²) in [5, 5.41) is 25.1. The standard InChI is InChI=1S/C51H44N6O5/c1-4-18-43-52-45(50(2,3)60)44(48(59)62-49-42-28-17-16-27-41(42)47(58)61-49)56(43)33-34-29-31-35(32-30-34)39-25-14-15-26-40(39)46-53-54-55-57(46)51(36-19-8-5-9-20-36,37-21-10-6-11-22-37)38-23-12-7-13-24-38/h5-17,19-32,49,60H,4,18,33H2,1-3H3. The van der Waals surface area contributed by atoms with Crippen LogP contribution in [0.3, 0.4) is 0 Å². The molecule has 11 heteroatoms. The summed E-state index contributed by atoms with van der Waals surface area (Å²) >= 11 is 0. The number of aliphatic hydroxyl groups is 1. The zero-order chi connectivity index (χ0) is 42.8. The van der Waals surface area contributed by atoms with E-state index in [4.69, 9.17) is 24.8 Å². The summed E-state index contributed by atoms with van der Waals surface area (Å²) in [6, 6.07) is 53.9. The Hall–Kier alpha value is -7.50. The van der Waals surface area contributed by atoms with Gasteiger partial charge < -0.3 is 19.1 Å². The first kappa shape index (κ1) is 39.9. The van der Waals surface area contributed by atoms with Gasteiger partial charge in [0.2, 0.25) is 0 Å². The number of carbonyl (C=O) groups is 2. The highest BCUT2D eigenvalue weighted by atomic mass is 16.7. The van der Waals surface area contributed by atoms with E-state index in [0.717, 1.165) is 45.4 Å². The number of aryl methyl sites for hydroxylation is 1. The molecule has 3 heterocycles. The van der Waals surface area contributed by atoms with Crippen molar-refractivity contribution in [1.29, 1.82) is 0 Å². The zero-order valence-corrected chi connectivity index (χ0v) is 34.6. The lowest BCUT2D eigenvalue weighted by Crippen LogP contribution is -2.39. The monoisotopic (exact) mass is 820 g/mol. The highest BCUT2D eigenvalue weighted by molar-refractivity contribution is 5.95. The Morgan fingerprint density at radius 3 is 1.85 bits per heavy atom. The lowest BCUT2D eigenvalue weighted by molar-refractivity contribution is -0.0734. The lowest BCUT2D eigenvalue weighted by atomic mass is 9.77. The molecule has 0 aliphatic carbocycles. The number of fused-ring (bicyclic) bond motifs is 1. The second-order valence-electron chi connectivity index (χ2n) is 15.8. The fraction of sp³-hybridized carbons (Fsp3) is 0.176. The third kappa shape index (κ3) is 7.16. The summed E-state index contributed by atoms with van der Waals surface area (Å²) in [6.45, 7) is 5.46. The fourth-order valence-corrected chi connectivity index (χ4v) is 8.46. The van der Waals surface area contributed by atoms with E-state index in [1.54, 1.807) is 42.7 Å². The minimum atomic E-state index is -1.48. The first-order chi connectivity index (χ1) is 30.2. The molecule has 0 spiro atoms. The van der Waals surface area contributed by atoms with Gasteiger partial charge in [0.05, 0.1) is 5.56 Å². The summed E-state index contributed by atoms with van der Waals surface area (Å²) < 4.78 is 15.1. The number of esters is 2. The summed E-state index contributed by atoms with van der Waals surface area (Å²) in [5.74, 6) is -0.114. The van der Waals surface area contributed by atoms with Crippen molar-refractivity contribution in [2.45, 2.75) is 57.6 Å². The molecule has 0 fully saturated rings. The second kappa shape index (κ2) is 16.5. The summed E-state index contributed by atoms with van der Waals surface area (Å²) in [4.78, 5) is 31.6. The van der Waals surface area contributed by atoms with Gasteiger partial charge in [-0.25, -0.2) is 19.3 Å². The van der Waals surface area contributed by atoms with Gasteiger partial charge in [0, 0.05) is 24.1 Å². The first-order valence-electron chi connectivity index (χ1n) is 20.7. The number of rotatable bonds is 13. The number of imidazole rings is 1. The molecule has 0 amide bonds. The molecule has 9 rings (SSSR count). The molecule has 308 valence electrons. The van der Waals surface area contributed by atoms with Crippen LogP contribution < -0.4 is 0 Å². The molecule has 62 heavy (non-hydrogen) atoms. The fourth-order valence-electron chi connectivity index (χ4n) is 8.46. The normalized spacial score (nSPS) is 13.7. The van der Waals surface area contributed by atoms with Crippen molar-refractivity contribution in [2.75, 3.05) is 0 Å². The summed E-state index contributed by atoms with van der Waals surface area (Å²) in [7, 11) is 0. The molecule has 1 aliphatic heterocycles. The molecule has 8 aromatic rings. The van der Waals surface area contributed by atoms with Gasteiger partial charge in [-0.2, -0.15) is 0 Å². The topological polar surface area (TPSA) is 134 Å². The van der Waals surface area contributed by atoms with Gasteiger partial charge in [-0.05, 0) is 70.1 Å². The van der Waals surface area contributed by atoms with Crippen molar-refractivity contribution in [2.24, 2.45) is 0 Å². The quantitative estimate of drug-likeness (QED) is 0.0892. The lowest BCUT2D eigenvalue weighted by Gasteiger charge is -2.36. The van der Waals surface area contributed by atoms with Crippen LogP contribution in [0.2, 0.25) is 0 Å². The molecule has 0 saturated heterocycles. The average Bonchev–Trinajstić information content (AvgIpc) is 4.02. The van der Waals surface area contributed by atoms with E-state index in [2.05, 4.69) is 47.7 Å². The molecule has 0 bridgehead atoms. The number of nitrogens with zero attached hydrogens (tertiary/aromatic N) is 6. The SMILES string of the molecule is CCCc1nc(C(C)(C)O)c(C(=O)OC2OC(=O)c3ccccc32)n1Cc1ccc(-c2ccccc2-c2nnnn2C(c2ccccc2)(c2ccccc2)c2ccccc2)cc1. The Bertz CT molecular complexity index is 2770. The molecular weight excluding hydrogens is 777 g/mol. The van der Waals surface area contributed by atoms with Crippen LogP contribution in [-0.2, 0) is 33.6 Å². The van der Waals surface area contributed by atoms with Crippen LogP contribution in [0.5, 0.6) is 0 Å². The van der Waals surface area contributed by atoms with Crippen LogP contribution in [0, 0.1) is 0 Å². The maximum atomic E-state index is 14.2. The Morgan fingerprint density at radius 1 is 0.726 bits per heavy atom. The van der Waals surface area contributed by atoms with Crippen LogP contribution in [-0.4, -0.2) is 46.8 Å². The van der Waals surface area contributed by atoms with Gasteiger partial charge in [0.15, 0.2) is 11.5 Å². The largest absolute Gasteiger partial charge is 0.417 e. The van der Waals surface area contributed by atoms with E-state index in [-0.39, 0.29) is 17.9 Å². The van der Waals surface area contributed by atoms with Crippen molar-refractivity contribution in [1.82, 2.24) is 29.8 Å². The van der Waals surface area contributed by atoms with Crippen LogP contribution in [0.15, 0.2) is 164 Å².